The first-order chi connectivity index (χ1) is 28.1. The smallest absolute Gasteiger partial charge is 0.246 e. The maximum atomic E-state index is 14.7. The average molecular weight is 824 g/mol. The van der Waals surface area contributed by atoms with Gasteiger partial charge in [-0.3, -0.25) is 38.8 Å². The van der Waals surface area contributed by atoms with Crippen molar-refractivity contribution >= 4 is 58.3 Å². The summed E-state index contributed by atoms with van der Waals surface area (Å²) in [7, 11) is 0. The second kappa shape index (κ2) is 21.7. The summed E-state index contributed by atoms with van der Waals surface area (Å²) < 4.78 is 0. The van der Waals surface area contributed by atoms with Gasteiger partial charge >= 0.3 is 0 Å². The Hall–Kier alpha value is -5.92. The number of nitrogens with zero attached hydrogens (tertiary/aromatic N) is 3. The summed E-state index contributed by atoms with van der Waals surface area (Å²) in [5.41, 5.74) is 23.6. The van der Waals surface area contributed by atoms with Gasteiger partial charge in [0, 0.05) is 43.2 Å². The number of aliphatic hydroxyl groups excluding tert-OH is 1. The van der Waals surface area contributed by atoms with Gasteiger partial charge in [-0.2, -0.15) is 0 Å². The number of amides is 6. The summed E-state index contributed by atoms with van der Waals surface area (Å²) in [4.78, 5) is 97.9. The number of carbonyl (C=O) groups excluding carboxylic acids is 6. The number of guanidine groups is 2. The van der Waals surface area contributed by atoms with Gasteiger partial charge in [-0.15, -0.1) is 0 Å². The summed E-state index contributed by atoms with van der Waals surface area (Å²) in [5.74, 6) is -4.94. The van der Waals surface area contributed by atoms with E-state index in [4.69, 9.17) is 22.9 Å². The minimum absolute atomic E-state index is 0.0211. The van der Waals surface area contributed by atoms with Crippen molar-refractivity contribution in [1.82, 2.24) is 36.5 Å². The number of nitrogens with one attached hydrogen (secondary N) is 6. The second-order valence-electron chi connectivity index (χ2n) is 15.3. The molecule has 2 fully saturated rings. The van der Waals surface area contributed by atoms with E-state index in [1.165, 1.54) is 11.8 Å². The Labute approximate surface area is 343 Å². The second-order valence-corrected chi connectivity index (χ2v) is 15.3. The molecule has 4 rings (SSSR count). The van der Waals surface area contributed by atoms with E-state index >= 15 is 0 Å². The lowest BCUT2D eigenvalue weighted by molar-refractivity contribution is -0.146. The molecule has 1 aromatic heterocycles. The van der Waals surface area contributed by atoms with Gasteiger partial charge in [0.2, 0.25) is 35.4 Å². The van der Waals surface area contributed by atoms with E-state index < -0.39 is 83.7 Å². The van der Waals surface area contributed by atoms with Crippen LogP contribution in [0.4, 0.5) is 0 Å². The van der Waals surface area contributed by atoms with Gasteiger partial charge in [-0.25, -0.2) is 0 Å². The fourth-order valence-electron chi connectivity index (χ4n) is 7.34. The van der Waals surface area contributed by atoms with E-state index in [0.717, 1.165) is 16.5 Å². The molecule has 0 radical (unpaired) electrons. The third-order valence-corrected chi connectivity index (χ3v) is 10.8. The molecule has 20 heteroatoms. The Balaban J connectivity index is 1.81. The van der Waals surface area contributed by atoms with Crippen LogP contribution >= 0.6 is 0 Å². The van der Waals surface area contributed by atoms with Gasteiger partial charge in [-0.1, -0.05) is 38.5 Å². The van der Waals surface area contributed by atoms with E-state index in [9.17, 15) is 33.9 Å². The lowest BCUT2D eigenvalue weighted by Crippen LogP contribution is -2.64. The molecule has 8 atom stereocenters. The number of aliphatic imine (C=N–C) groups is 2. The molecular formula is C39H61N13O7. The Bertz CT molecular complexity index is 1860. The van der Waals surface area contributed by atoms with Crippen molar-refractivity contribution in [2.45, 2.75) is 121 Å². The normalized spacial score (nSPS) is 24.8. The Morgan fingerprint density at radius 1 is 0.763 bits per heavy atom. The van der Waals surface area contributed by atoms with E-state index in [1.807, 2.05) is 31.2 Å². The first-order valence-electron chi connectivity index (χ1n) is 20.3. The molecule has 0 saturated carbocycles. The lowest BCUT2D eigenvalue weighted by Gasteiger charge is -2.38. The highest BCUT2D eigenvalue weighted by Crippen LogP contribution is 2.23. The van der Waals surface area contributed by atoms with Crippen LogP contribution < -0.4 is 49.5 Å². The van der Waals surface area contributed by atoms with Gasteiger partial charge in [0.15, 0.2) is 11.9 Å². The summed E-state index contributed by atoms with van der Waals surface area (Å²) in [6.07, 6.45) is 2.79. The van der Waals surface area contributed by atoms with Crippen molar-refractivity contribution in [2.75, 3.05) is 19.6 Å². The van der Waals surface area contributed by atoms with Gasteiger partial charge in [-0.05, 0) is 69.4 Å². The maximum Gasteiger partial charge on any atom is 0.246 e. The summed E-state index contributed by atoms with van der Waals surface area (Å²) in [6, 6.07) is 0.0391. The zero-order valence-corrected chi connectivity index (χ0v) is 34.0. The Kier molecular flexibility index (Phi) is 16.9. The number of hydrogen-bond donors (Lipinski definition) is 11. The van der Waals surface area contributed by atoms with Crippen LogP contribution in [0.2, 0.25) is 0 Å². The zero-order valence-electron chi connectivity index (χ0n) is 34.0. The largest absolute Gasteiger partial charge is 0.391 e. The first kappa shape index (κ1) is 45.8. The van der Waals surface area contributed by atoms with Crippen LogP contribution in [0, 0.1) is 5.92 Å². The third-order valence-electron chi connectivity index (χ3n) is 10.8. The number of aromatic amines is 1. The van der Waals surface area contributed by atoms with Crippen molar-refractivity contribution in [3.05, 3.63) is 36.0 Å². The monoisotopic (exact) mass is 823 g/mol. The highest BCUT2D eigenvalue weighted by atomic mass is 16.3. The average Bonchev–Trinajstić information content (AvgIpc) is 3.61. The number of fused-ring (bicyclic) bond motifs is 2. The molecule has 3 heterocycles. The van der Waals surface area contributed by atoms with Gasteiger partial charge in [0.05, 0.1) is 6.10 Å². The molecule has 0 spiro atoms. The quantitative estimate of drug-likeness (QED) is 0.0600. The van der Waals surface area contributed by atoms with Crippen LogP contribution in [-0.2, 0) is 35.2 Å². The number of para-hydroxylation sites is 1. The number of piperidine rings is 1. The van der Waals surface area contributed by atoms with E-state index in [1.54, 1.807) is 13.1 Å². The fourth-order valence-corrected chi connectivity index (χ4v) is 7.34. The molecule has 20 nitrogen and oxygen atoms in total. The van der Waals surface area contributed by atoms with Crippen LogP contribution in [0.1, 0.15) is 77.7 Å². The predicted octanol–water partition coefficient (Wildman–Crippen LogP) is -1.94. The van der Waals surface area contributed by atoms with Crippen LogP contribution in [-0.4, -0.2) is 124 Å². The molecule has 2 aliphatic rings. The molecule has 2 saturated heterocycles. The van der Waals surface area contributed by atoms with E-state index in [-0.39, 0.29) is 70.1 Å². The molecule has 0 unspecified atom stereocenters. The van der Waals surface area contributed by atoms with Crippen molar-refractivity contribution < 1.29 is 33.9 Å². The Morgan fingerprint density at radius 3 is 1.92 bits per heavy atom. The summed E-state index contributed by atoms with van der Waals surface area (Å²) in [6.45, 7) is 5.31. The number of benzene rings is 1. The number of carbonyl (C=O) groups is 6. The summed E-state index contributed by atoms with van der Waals surface area (Å²) >= 11 is 0. The highest BCUT2D eigenvalue weighted by molar-refractivity contribution is 5.99. The Morgan fingerprint density at radius 2 is 1.32 bits per heavy atom. The molecule has 6 amide bonds. The van der Waals surface area contributed by atoms with Crippen LogP contribution in [0.25, 0.3) is 10.9 Å². The molecule has 0 bridgehead atoms. The summed E-state index contributed by atoms with van der Waals surface area (Å²) in [5, 5.41) is 25.3. The highest BCUT2D eigenvalue weighted by Gasteiger charge is 2.41. The molecule has 2 aliphatic heterocycles. The molecule has 15 N–H and O–H groups in total. The number of aromatic nitrogens is 1. The van der Waals surface area contributed by atoms with Crippen molar-refractivity contribution in [2.24, 2.45) is 38.8 Å². The number of hydrogen-bond acceptors (Lipinski definition) is 9. The third kappa shape index (κ3) is 12.8. The SMILES string of the molecule is CC[C@H](C)[C@@H]1NC(=O)[C@@H]([C@@H](C)O)NC(=O)[C@H]2CCCCN2C(=O)[C@H](Cc2c[nH]c3ccccc23)NC(=O)[C@H](CCCN=C(N)N)NC(=O)[C@@H](CCCN=C(N)N)NC1=O. The molecular weight excluding hydrogens is 763 g/mol. The van der Waals surface area contributed by atoms with Crippen LogP contribution in [0.15, 0.2) is 40.4 Å². The molecule has 1 aromatic carbocycles. The topological polar surface area (TPSA) is 331 Å². The van der Waals surface area contributed by atoms with Crippen LogP contribution in [0.5, 0.6) is 0 Å². The van der Waals surface area contributed by atoms with Crippen molar-refractivity contribution in [3.63, 3.8) is 0 Å². The molecule has 2 aromatic rings. The molecule has 0 aliphatic carbocycles. The predicted molar refractivity (Wildman–Crippen MR) is 222 cm³/mol. The van der Waals surface area contributed by atoms with Crippen molar-refractivity contribution in [3.8, 4) is 0 Å². The molecule has 324 valence electrons. The van der Waals surface area contributed by atoms with E-state index in [0.29, 0.717) is 19.3 Å². The zero-order chi connectivity index (χ0) is 43.2. The van der Waals surface area contributed by atoms with Gasteiger partial charge in [0.25, 0.3) is 0 Å². The minimum Gasteiger partial charge on any atom is -0.391 e. The van der Waals surface area contributed by atoms with Crippen LogP contribution in [0.3, 0.4) is 0 Å². The first-order valence-corrected chi connectivity index (χ1v) is 20.3. The number of rotatable bonds is 13. The van der Waals surface area contributed by atoms with Gasteiger partial charge in [0.1, 0.15) is 36.3 Å². The lowest BCUT2D eigenvalue weighted by atomic mass is 9.96. The number of aliphatic hydroxyl groups is 1. The van der Waals surface area contributed by atoms with E-state index in [2.05, 4.69) is 41.6 Å². The molecule has 59 heavy (non-hydrogen) atoms. The number of H-pyrrole nitrogens is 1. The standard InChI is InChI=1S/C39H61N13O7/c1-4-21(2)30-35(57)48-27(14-10-17-45-39(42)43)32(54)47-26(13-9-16-44-38(40)41)33(55)49-28(19-23-20-46-25-12-6-5-11-24(23)25)37(59)52-18-8-7-15-29(52)34(56)51-31(22(3)53)36(58)50-30/h5-6,11-12,20-22,26-31,46,53H,4,7-10,13-19H2,1-3H3,(H,47,54)(H,48,57)(H,49,55)(H,50,58)(H,51,56)(H4,40,41,44)(H4,42,43,45)/t21-,22+,26-,27+,28-,29+,30-,31+/m0/s1. The van der Waals surface area contributed by atoms with Gasteiger partial charge < -0.3 is 64.5 Å². The minimum atomic E-state index is -1.50. The van der Waals surface area contributed by atoms with Crippen molar-refractivity contribution in [1.29, 1.82) is 0 Å². The maximum absolute atomic E-state index is 14.7. The number of nitrogens with two attached hydrogens (primary N) is 4. The fraction of sp³-hybridized carbons (Fsp3) is 0.590.